The Bertz CT molecular complexity index is 856. The lowest BCUT2D eigenvalue weighted by Gasteiger charge is -2.16. The molecule has 2 aromatic heterocycles. The van der Waals surface area contributed by atoms with E-state index in [1.165, 1.54) is 5.56 Å². The van der Waals surface area contributed by atoms with Gasteiger partial charge in [0, 0.05) is 44.1 Å². The highest BCUT2D eigenvalue weighted by atomic mass is 15.2. The smallest absolute Gasteiger partial charge is 0.158 e. The minimum Gasteiger partial charge on any atom is -0.333 e. The van der Waals surface area contributed by atoms with Gasteiger partial charge >= 0.3 is 0 Å². The second kappa shape index (κ2) is 6.76. The minimum atomic E-state index is 0.391. The molecule has 3 heterocycles. The molecule has 0 saturated carbocycles. The van der Waals surface area contributed by atoms with Gasteiger partial charge in [0.2, 0.25) is 0 Å². The van der Waals surface area contributed by atoms with Crippen LogP contribution in [0, 0.1) is 6.92 Å². The Morgan fingerprint density at radius 3 is 2.76 bits per heavy atom. The Balaban J connectivity index is 1.53. The van der Waals surface area contributed by atoms with Crippen LogP contribution < -0.4 is 0 Å². The van der Waals surface area contributed by atoms with Crippen LogP contribution in [-0.2, 0) is 13.6 Å². The number of aromatic nitrogens is 4. The summed E-state index contributed by atoms with van der Waals surface area (Å²) in [6.45, 7) is 5.14. The molecule has 1 aromatic carbocycles. The standard InChI is InChI=1S/C20H23N5/c1-15-12-18(20-21-9-11-24(20)2)23-19(22-15)17-8-10-25(14-17)13-16-6-4-3-5-7-16/h3-7,9,11-12,17H,8,10,13-14H2,1-2H3. The lowest BCUT2D eigenvalue weighted by molar-refractivity contribution is 0.325. The number of hydrogen-bond donors (Lipinski definition) is 0. The predicted octanol–water partition coefficient (Wildman–Crippen LogP) is 3.18. The Hall–Kier alpha value is -2.53. The van der Waals surface area contributed by atoms with E-state index >= 15 is 0 Å². The molecule has 0 aliphatic carbocycles. The van der Waals surface area contributed by atoms with Crippen LogP contribution in [0.25, 0.3) is 11.5 Å². The SMILES string of the molecule is Cc1cc(-c2nccn2C)nc(C2CCN(Cc3ccccc3)C2)n1. The molecule has 1 aliphatic rings. The van der Waals surface area contributed by atoms with Crippen LogP contribution in [0.1, 0.15) is 29.4 Å². The number of rotatable bonds is 4. The Morgan fingerprint density at radius 2 is 2.00 bits per heavy atom. The molecule has 0 radical (unpaired) electrons. The number of imidazole rings is 1. The van der Waals surface area contributed by atoms with Gasteiger partial charge in [-0.25, -0.2) is 15.0 Å². The average molecular weight is 333 g/mol. The molecule has 1 atom stereocenters. The number of hydrogen-bond acceptors (Lipinski definition) is 4. The molecular weight excluding hydrogens is 310 g/mol. The molecule has 1 aliphatic heterocycles. The zero-order chi connectivity index (χ0) is 17.2. The second-order valence-electron chi connectivity index (χ2n) is 6.82. The Kier molecular flexibility index (Phi) is 4.32. The van der Waals surface area contributed by atoms with Gasteiger partial charge in [-0.3, -0.25) is 4.90 Å². The van der Waals surface area contributed by atoms with Crippen molar-refractivity contribution in [2.24, 2.45) is 7.05 Å². The first kappa shape index (κ1) is 16.0. The van der Waals surface area contributed by atoms with Crippen LogP contribution in [-0.4, -0.2) is 37.5 Å². The highest BCUT2D eigenvalue weighted by Crippen LogP contribution is 2.27. The van der Waals surface area contributed by atoms with Crippen molar-refractivity contribution < 1.29 is 0 Å². The van der Waals surface area contributed by atoms with Crippen molar-refractivity contribution in [3.8, 4) is 11.5 Å². The van der Waals surface area contributed by atoms with E-state index in [1.807, 2.05) is 37.0 Å². The van der Waals surface area contributed by atoms with Gasteiger partial charge < -0.3 is 4.57 Å². The fourth-order valence-corrected chi connectivity index (χ4v) is 3.53. The molecule has 25 heavy (non-hydrogen) atoms. The highest BCUT2D eigenvalue weighted by molar-refractivity contribution is 5.50. The zero-order valence-electron chi connectivity index (χ0n) is 14.8. The summed E-state index contributed by atoms with van der Waals surface area (Å²) in [7, 11) is 2.00. The third kappa shape index (κ3) is 3.46. The number of aryl methyl sites for hydroxylation is 2. The maximum Gasteiger partial charge on any atom is 0.158 e. The predicted molar refractivity (Wildman–Crippen MR) is 98.0 cm³/mol. The van der Waals surface area contributed by atoms with Crippen molar-refractivity contribution in [1.29, 1.82) is 0 Å². The van der Waals surface area contributed by atoms with Crippen molar-refractivity contribution in [2.75, 3.05) is 13.1 Å². The van der Waals surface area contributed by atoms with Gasteiger partial charge in [-0.15, -0.1) is 0 Å². The van der Waals surface area contributed by atoms with Crippen LogP contribution in [0.15, 0.2) is 48.8 Å². The summed E-state index contributed by atoms with van der Waals surface area (Å²) >= 11 is 0. The van der Waals surface area contributed by atoms with E-state index in [-0.39, 0.29) is 0 Å². The van der Waals surface area contributed by atoms with E-state index in [0.29, 0.717) is 5.92 Å². The fourth-order valence-electron chi connectivity index (χ4n) is 3.53. The van der Waals surface area contributed by atoms with Crippen molar-refractivity contribution in [3.63, 3.8) is 0 Å². The molecule has 1 unspecified atom stereocenters. The second-order valence-corrected chi connectivity index (χ2v) is 6.82. The van der Waals surface area contributed by atoms with Gasteiger partial charge in [0.25, 0.3) is 0 Å². The molecule has 128 valence electrons. The van der Waals surface area contributed by atoms with Gasteiger partial charge in [0.1, 0.15) is 11.5 Å². The third-order valence-corrected chi connectivity index (χ3v) is 4.81. The quantitative estimate of drug-likeness (QED) is 0.736. The zero-order valence-corrected chi connectivity index (χ0v) is 14.8. The topological polar surface area (TPSA) is 46.8 Å². The monoisotopic (exact) mass is 333 g/mol. The minimum absolute atomic E-state index is 0.391. The van der Waals surface area contributed by atoms with E-state index in [1.54, 1.807) is 0 Å². The molecule has 0 bridgehead atoms. The summed E-state index contributed by atoms with van der Waals surface area (Å²) in [6, 6.07) is 12.7. The maximum atomic E-state index is 4.84. The summed E-state index contributed by atoms with van der Waals surface area (Å²) in [5.41, 5.74) is 3.28. The summed E-state index contributed by atoms with van der Waals surface area (Å²) < 4.78 is 2.00. The molecule has 1 fully saturated rings. The van der Waals surface area contributed by atoms with Crippen LogP contribution in [0.4, 0.5) is 0 Å². The number of benzene rings is 1. The lowest BCUT2D eigenvalue weighted by Crippen LogP contribution is -2.20. The first-order chi connectivity index (χ1) is 12.2. The first-order valence-electron chi connectivity index (χ1n) is 8.78. The van der Waals surface area contributed by atoms with Crippen molar-refractivity contribution in [1.82, 2.24) is 24.4 Å². The third-order valence-electron chi connectivity index (χ3n) is 4.81. The molecule has 0 N–H and O–H groups in total. The number of nitrogens with zero attached hydrogens (tertiary/aromatic N) is 5. The van der Waals surface area contributed by atoms with E-state index in [9.17, 15) is 0 Å². The van der Waals surface area contributed by atoms with E-state index in [0.717, 1.165) is 49.1 Å². The molecule has 0 spiro atoms. The summed E-state index contributed by atoms with van der Waals surface area (Å²) in [5, 5.41) is 0. The largest absolute Gasteiger partial charge is 0.333 e. The highest BCUT2D eigenvalue weighted by Gasteiger charge is 2.26. The molecule has 3 aromatic rings. The first-order valence-corrected chi connectivity index (χ1v) is 8.78. The van der Waals surface area contributed by atoms with E-state index in [2.05, 4.69) is 40.2 Å². The molecule has 1 saturated heterocycles. The molecule has 0 amide bonds. The van der Waals surface area contributed by atoms with Crippen LogP contribution >= 0.6 is 0 Å². The Morgan fingerprint density at radius 1 is 1.16 bits per heavy atom. The summed E-state index contributed by atoms with van der Waals surface area (Å²) in [4.78, 5) is 16.5. The fraction of sp³-hybridized carbons (Fsp3) is 0.350. The van der Waals surface area contributed by atoms with Crippen LogP contribution in [0.5, 0.6) is 0 Å². The maximum absolute atomic E-state index is 4.84. The van der Waals surface area contributed by atoms with E-state index in [4.69, 9.17) is 9.97 Å². The average Bonchev–Trinajstić information content (AvgIpc) is 3.24. The normalized spacial score (nSPS) is 17.9. The Labute approximate surface area is 148 Å². The van der Waals surface area contributed by atoms with Gasteiger partial charge in [-0.05, 0) is 31.5 Å². The molecule has 4 rings (SSSR count). The van der Waals surface area contributed by atoms with Gasteiger partial charge in [0.15, 0.2) is 5.82 Å². The number of likely N-dealkylation sites (tertiary alicyclic amines) is 1. The summed E-state index contributed by atoms with van der Waals surface area (Å²) in [6.07, 6.45) is 4.86. The summed E-state index contributed by atoms with van der Waals surface area (Å²) in [5.74, 6) is 2.24. The van der Waals surface area contributed by atoms with Crippen molar-refractivity contribution in [3.05, 3.63) is 65.9 Å². The molecule has 5 heteroatoms. The van der Waals surface area contributed by atoms with E-state index < -0.39 is 0 Å². The van der Waals surface area contributed by atoms with Crippen molar-refractivity contribution in [2.45, 2.75) is 25.8 Å². The molecular formula is C20H23N5. The molecule has 5 nitrogen and oxygen atoms in total. The van der Waals surface area contributed by atoms with Gasteiger partial charge in [-0.1, -0.05) is 30.3 Å². The van der Waals surface area contributed by atoms with Crippen LogP contribution in [0.3, 0.4) is 0 Å². The van der Waals surface area contributed by atoms with Gasteiger partial charge in [0.05, 0.1) is 0 Å². The van der Waals surface area contributed by atoms with Crippen LogP contribution in [0.2, 0.25) is 0 Å². The van der Waals surface area contributed by atoms with Crippen molar-refractivity contribution >= 4 is 0 Å². The lowest BCUT2D eigenvalue weighted by atomic mass is 10.1. The van der Waals surface area contributed by atoms with Gasteiger partial charge in [-0.2, -0.15) is 0 Å².